The third-order valence-corrected chi connectivity index (χ3v) is 4.22. The van der Waals surface area contributed by atoms with Crippen molar-refractivity contribution in [1.29, 1.82) is 0 Å². The molecule has 2 atom stereocenters. The predicted molar refractivity (Wildman–Crippen MR) is 82.9 cm³/mol. The minimum atomic E-state index is -1.08. The van der Waals surface area contributed by atoms with E-state index in [1.165, 1.54) is 0 Å². The molecule has 1 amide bonds. The van der Waals surface area contributed by atoms with Crippen molar-refractivity contribution in [2.75, 3.05) is 0 Å². The van der Waals surface area contributed by atoms with E-state index in [1.54, 1.807) is 6.92 Å². The van der Waals surface area contributed by atoms with Gasteiger partial charge in [-0.25, -0.2) is 0 Å². The van der Waals surface area contributed by atoms with Crippen molar-refractivity contribution in [1.82, 2.24) is 20.1 Å². The first kappa shape index (κ1) is 14.7. The second-order valence-electron chi connectivity index (χ2n) is 5.99. The maximum Gasteiger partial charge on any atom is 0.244 e. The van der Waals surface area contributed by atoms with Crippen LogP contribution in [-0.2, 0) is 23.3 Å². The molecule has 22 heavy (non-hydrogen) atoms. The number of rotatable bonds is 4. The minimum Gasteiger partial charge on any atom is -0.344 e. The Labute approximate surface area is 129 Å². The molecule has 2 heterocycles. The fraction of sp³-hybridized carbons (Fsp3) is 0.438. The van der Waals surface area contributed by atoms with E-state index in [4.69, 9.17) is 5.73 Å². The van der Waals surface area contributed by atoms with Crippen LogP contribution in [0, 0.1) is 0 Å². The molecular formula is C16H21N5O. The first-order chi connectivity index (χ1) is 10.5. The van der Waals surface area contributed by atoms with E-state index in [1.807, 2.05) is 37.3 Å². The Morgan fingerprint density at radius 3 is 2.82 bits per heavy atom. The number of hydrogen-bond donors (Lipinski definition) is 2. The molecule has 1 aromatic carbocycles. The van der Waals surface area contributed by atoms with Crippen LogP contribution in [0.3, 0.4) is 0 Å². The quantitative estimate of drug-likeness (QED) is 0.890. The number of aromatic nitrogens is 3. The number of benzene rings is 1. The van der Waals surface area contributed by atoms with Gasteiger partial charge in [0.15, 0.2) is 5.82 Å². The maximum absolute atomic E-state index is 12.6. The molecule has 116 valence electrons. The topological polar surface area (TPSA) is 85.8 Å². The first-order valence-electron chi connectivity index (χ1n) is 7.57. The largest absolute Gasteiger partial charge is 0.344 e. The van der Waals surface area contributed by atoms with Crippen LogP contribution in [0.15, 0.2) is 30.3 Å². The number of fused-ring (bicyclic) bond motifs is 1. The SMILES string of the molecule is CC(NC(=O)C(C)(N)c1ccccc1)c1nnc2n1CCC2. The summed E-state index contributed by atoms with van der Waals surface area (Å²) >= 11 is 0. The van der Waals surface area contributed by atoms with E-state index in [0.717, 1.165) is 36.6 Å². The Morgan fingerprint density at radius 2 is 2.09 bits per heavy atom. The highest BCUT2D eigenvalue weighted by Crippen LogP contribution is 2.22. The molecule has 6 nitrogen and oxygen atoms in total. The van der Waals surface area contributed by atoms with Gasteiger partial charge in [0.1, 0.15) is 11.4 Å². The monoisotopic (exact) mass is 299 g/mol. The van der Waals surface area contributed by atoms with Crippen molar-refractivity contribution < 1.29 is 4.79 Å². The van der Waals surface area contributed by atoms with Crippen molar-refractivity contribution >= 4 is 5.91 Å². The zero-order valence-corrected chi connectivity index (χ0v) is 12.9. The highest BCUT2D eigenvalue weighted by molar-refractivity contribution is 5.87. The van der Waals surface area contributed by atoms with Gasteiger partial charge in [0.05, 0.1) is 6.04 Å². The number of nitrogens with zero attached hydrogens (tertiary/aromatic N) is 3. The van der Waals surface area contributed by atoms with Crippen LogP contribution in [0.4, 0.5) is 0 Å². The van der Waals surface area contributed by atoms with Crippen molar-refractivity contribution in [3.63, 3.8) is 0 Å². The first-order valence-corrected chi connectivity index (χ1v) is 7.57. The molecule has 0 saturated heterocycles. The lowest BCUT2D eigenvalue weighted by atomic mass is 9.92. The predicted octanol–water partition coefficient (Wildman–Crippen LogP) is 1.28. The normalized spacial score (nSPS) is 17.6. The summed E-state index contributed by atoms with van der Waals surface area (Å²) in [5.74, 6) is 1.57. The Morgan fingerprint density at radius 1 is 1.36 bits per heavy atom. The molecule has 0 saturated carbocycles. The number of carbonyl (C=O) groups excluding carboxylic acids is 1. The summed E-state index contributed by atoms with van der Waals surface area (Å²) in [7, 11) is 0. The molecule has 3 rings (SSSR count). The maximum atomic E-state index is 12.6. The lowest BCUT2D eigenvalue weighted by molar-refractivity contribution is -0.126. The number of carbonyl (C=O) groups is 1. The zero-order valence-electron chi connectivity index (χ0n) is 12.9. The van der Waals surface area contributed by atoms with Gasteiger partial charge in [0.25, 0.3) is 0 Å². The third-order valence-electron chi connectivity index (χ3n) is 4.22. The van der Waals surface area contributed by atoms with Crippen LogP contribution in [0.25, 0.3) is 0 Å². The van der Waals surface area contributed by atoms with Gasteiger partial charge < -0.3 is 15.6 Å². The summed E-state index contributed by atoms with van der Waals surface area (Å²) in [4.78, 5) is 12.6. The Kier molecular flexibility index (Phi) is 3.70. The molecule has 6 heteroatoms. The van der Waals surface area contributed by atoms with Crippen LogP contribution >= 0.6 is 0 Å². The van der Waals surface area contributed by atoms with E-state index in [0.29, 0.717) is 0 Å². The summed E-state index contributed by atoms with van der Waals surface area (Å²) in [5.41, 5.74) is 5.94. The van der Waals surface area contributed by atoms with Gasteiger partial charge in [0.2, 0.25) is 5.91 Å². The highest BCUT2D eigenvalue weighted by Gasteiger charge is 2.32. The Bertz CT molecular complexity index is 677. The molecule has 0 aliphatic carbocycles. The summed E-state index contributed by atoms with van der Waals surface area (Å²) < 4.78 is 2.08. The lowest BCUT2D eigenvalue weighted by Crippen LogP contribution is -2.49. The van der Waals surface area contributed by atoms with Gasteiger partial charge in [-0.1, -0.05) is 30.3 Å². The van der Waals surface area contributed by atoms with Crippen LogP contribution in [-0.4, -0.2) is 20.7 Å². The molecule has 0 spiro atoms. The van der Waals surface area contributed by atoms with Gasteiger partial charge >= 0.3 is 0 Å². The number of aryl methyl sites for hydroxylation is 1. The summed E-state index contributed by atoms with van der Waals surface area (Å²) in [6.07, 6.45) is 2.03. The van der Waals surface area contributed by atoms with Gasteiger partial charge in [-0.3, -0.25) is 4.79 Å². The van der Waals surface area contributed by atoms with Gasteiger partial charge in [-0.15, -0.1) is 10.2 Å². The molecule has 2 aromatic rings. The van der Waals surface area contributed by atoms with E-state index < -0.39 is 5.54 Å². The molecule has 0 bridgehead atoms. The molecular weight excluding hydrogens is 278 g/mol. The number of amides is 1. The highest BCUT2D eigenvalue weighted by atomic mass is 16.2. The number of hydrogen-bond acceptors (Lipinski definition) is 4. The van der Waals surface area contributed by atoms with E-state index in [9.17, 15) is 4.79 Å². The average molecular weight is 299 g/mol. The summed E-state index contributed by atoms with van der Waals surface area (Å²) in [6, 6.07) is 9.15. The molecule has 2 unspecified atom stereocenters. The molecule has 1 aromatic heterocycles. The average Bonchev–Trinajstić information content (AvgIpc) is 3.10. The third kappa shape index (κ3) is 2.50. The lowest BCUT2D eigenvalue weighted by Gasteiger charge is -2.26. The van der Waals surface area contributed by atoms with Gasteiger partial charge in [0, 0.05) is 13.0 Å². The van der Waals surface area contributed by atoms with Crippen molar-refractivity contribution in [3.05, 3.63) is 47.5 Å². The van der Waals surface area contributed by atoms with Crippen molar-refractivity contribution in [2.24, 2.45) is 5.73 Å². The molecule has 0 fully saturated rings. The molecule has 1 aliphatic rings. The molecule has 1 aliphatic heterocycles. The minimum absolute atomic E-state index is 0.221. The fourth-order valence-corrected chi connectivity index (χ4v) is 2.82. The van der Waals surface area contributed by atoms with Crippen LogP contribution < -0.4 is 11.1 Å². The molecule has 0 radical (unpaired) electrons. The van der Waals surface area contributed by atoms with Crippen LogP contribution in [0.2, 0.25) is 0 Å². The van der Waals surface area contributed by atoms with Gasteiger partial charge in [-0.05, 0) is 25.8 Å². The number of nitrogens with one attached hydrogen (secondary N) is 1. The van der Waals surface area contributed by atoms with Crippen LogP contribution in [0.5, 0.6) is 0 Å². The van der Waals surface area contributed by atoms with E-state index in [-0.39, 0.29) is 11.9 Å². The van der Waals surface area contributed by atoms with Crippen molar-refractivity contribution in [2.45, 2.75) is 44.8 Å². The molecule has 3 N–H and O–H groups in total. The smallest absolute Gasteiger partial charge is 0.244 e. The second kappa shape index (κ2) is 5.53. The van der Waals surface area contributed by atoms with Crippen LogP contribution in [0.1, 0.15) is 43.5 Å². The van der Waals surface area contributed by atoms with E-state index >= 15 is 0 Å². The van der Waals surface area contributed by atoms with E-state index in [2.05, 4.69) is 20.1 Å². The standard InChI is InChI=1S/C16H21N5O/c1-11(14-20-19-13-9-6-10-21(13)14)18-15(22)16(2,17)12-7-4-3-5-8-12/h3-5,7-8,11H,6,9-10,17H2,1-2H3,(H,18,22). The Hall–Kier alpha value is -2.21. The zero-order chi connectivity index (χ0) is 15.7. The number of nitrogens with two attached hydrogens (primary N) is 1. The van der Waals surface area contributed by atoms with Gasteiger partial charge in [-0.2, -0.15) is 0 Å². The van der Waals surface area contributed by atoms with Crippen molar-refractivity contribution in [3.8, 4) is 0 Å². The summed E-state index contributed by atoms with van der Waals surface area (Å²) in [5, 5.41) is 11.3. The second-order valence-corrected chi connectivity index (χ2v) is 5.99. The fourth-order valence-electron chi connectivity index (χ4n) is 2.82. The Balaban J connectivity index is 1.76. The summed E-state index contributed by atoms with van der Waals surface area (Å²) in [6.45, 7) is 4.55.